The maximum absolute atomic E-state index is 13.5. The molecule has 33 heavy (non-hydrogen) atoms. The van der Waals surface area contributed by atoms with Crippen LogP contribution >= 0.6 is 0 Å². The number of ether oxygens (including phenoxy) is 1. The van der Waals surface area contributed by atoms with Crippen LogP contribution in [0, 0.1) is 11.6 Å². The highest BCUT2D eigenvalue weighted by Crippen LogP contribution is 2.33. The molecular weight excluding hydrogens is 426 g/mol. The molecule has 2 aromatic carbocycles. The number of likely N-dealkylation sites (tertiary alicyclic amines) is 1. The van der Waals surface area contributed by atoms with Crippen LogP contribution in [0.25, 0.3) is 11.3 Å². The van der Waals surface area contributed by atoms with Crippen LogP contribution in [0.4, 0.5) is 14.5 Å². The molecule has 1 aliphatic rings. The van der Waals surface area contributed by atoms with Crippen molar-refractivity contribution in [2.75, 3.05) is 25.0 Å². The van der Waals surface area contributed by atoms with Crippen LogP contribution in [0.15, 0.2) is 48.7 Å². The molecule has 1 amide bonds. The van der Waals surface area contributed by atoms with Gasteiger partial charge in [0.1, 0.15) is 12.4 Å². The van der Waals surface area contributed by atoms with Gasteiger partial charge >= 0.3 is 0 Å². The average molecular weight is 455 g/mol. The molecular formula is C25H28F2N4O2. The van der Waals surface area contributed by atoms with E-state index in [1.165, 1.54) is 25.3 Å². The van der Waals surface area contributed by atoms with Crippen LogP contribution in [0.2, 0.25) is 0 Å². The van der Waals surface area contributed by atoms with Gasteiger partial charge in [-0.15, -0.1) is 0 Å². The Hall–Kier alpha value is -3.26. The number of rotatable bonds is 7. The molecule has 4 rings (SSSR count). The SMILES string of the molecule is CC1CCCCN1CCOc1ccc(NC(=O)c2ccc(F)c(F)c2)cc1-c1ccnn1C. The number of anilines is 1. The number of aromatic nitrogens is 2. The number of aryl methyl sites for hydroxylation is 1. The van der Waals surface area contributed by atoms with Crippen LogP contribution < -0.4 is 10.1 Å². The van der Waals surface area contributed by atoms with Gasteiger partial charge in [-0.3, -0.25) is 14.4 Å². The van der Waals surface area contributed by atoms with Gasteiger partial charge in [-0.1, -0.05) is 6.42 Å². The highest BCUT2D eigenvalue weighted by Gasteiger charge is 2.19. The first-order valence-electron chi connectivity index (χ1n) is 11.2. The number of nitrogens with one attached hydrogen (secondary N) is 1. The van der Waals surface area contributed by atoms with Crippen LogP contribution in [0.5, 0.6) is 5.75 Å². The van der Waals surface area contributed by atoms with Crippen LogP contribution in [-0.4, -0.2) is 46.3 Å². The molecule has 3 aromatic rings. The molecule has 0 radical (unpaired) electrons. The highest BCUT2D eigenvalue weighted by atomic mass is 19.2. The summed E-state index contributed by atoms with van der Waals surface area (Å²) in [6.45, 7) is 4.75. The molecule has 1 saturated heterocycles. The average Bonchev–Trinajstić information content (AvgIpc) is 3.23. The Morgan fingerprint density at radius 2 is 2.00 bits per heavy atom. The number of hydrogen-bond donors (Lipinski definition) is 1. The number of carbonyl (C=O) groups is 1. The summed E-state index contributed by atoms with van der Waals surface area (Å²) < 4.78 is 34.6. The van der Waals surface area contributed by atoms with Gasteiger partial charge in [0.2, 0.25) is 0 Å². The third-order valence-electron chi connectivity index (χ3n) is 6.09. The standard InChI is InChI=1S/C25H28F2N4O2/c1-17-5-3-4-12-31(17)13-14-33-24-9-7-19(16-20(24)23-10-11-28-30(23)2)29-25(32)18-6-8-21(26)22(27)15-18/h6-11,15-17H,3-5,12-14H2,1-2H3,(H,29,32). The quantitative estimate of drug-likeness (QED) is 0.553. The molecule has 1 aromatic heterocycles. The Morgan fingerprint density at radius 3 is 2.73 bits per heavy atom. The van der Waals surface area contributed by atoms with E-state index in [4.69, 9.17) is 4.74 Å². The van der Waals surface area contributed by atoms with Gasteiger partial charge in [-0.05, 0) is 68.8 Å². The van der Waals surface area contributed by atoms with Gasteiger partial charge in [0, 0.05) is 42.6 Å². The Bertz CT molecular complexity index is 1130. The highest BCUT2D eigenvalue weighted by molar-refractivity contribution is 6.04. The van der Waals surface area contributed by atoms with Crippen molar-refractivity contribution in [1.29, 1.82) is 0 Å². The first-order valence-corrected chi connectivity index (χ1v) is 11.2. The lowest BCUT2D eigenvalue weighted by Gasteiger charge is -2.33. The molecule has 6 nitrogen and oxygen atoms in total. The van der Waals surface area contributed by atoms with Crippen molar-refractivity contribution < 1.29 is 18.3 Å². The van der Waals surface area contributed by atoms with Crippen molar-refractivity contribution in [2.45, 2.75) is 32.2 Å². The fourth-order valence-corrected chi connectivity index (χ4v) is 4.18. The van der Waals surface area contributed by atoms with Crippen molar-refractivity contribution in [1.82, 2.24) is 14.7 Å². The number of nitrogens with zero attached hydrogens (tertiary/aromatic N) is 3. The number of carbonyl (C=O) groups excluding carboxylic acids is 1. The summed E-state index contributed by atoms with van der Waals surface area (Å²) in [5, 5.41) is 6.99. The Kier molecular flexibility index (Phi) is 7.03. The lowest BCUT2D eigenvalue weighted by Crippen LogP contribution is -2.39. The summed E-state index contributed by atoms with van der Waals surface area (Å²) in [6, 6.07) is 10.8. The maximum atomic E-state index is 13.5. The minimum atomic E-state index is -1.06. The molecule has 1 unspecified atom stereocenters. The molecule has 0 saturated carbocycles. The molecule has 1 aliphatic heterocycles. The third-order valence-corrected chi connectivity index (χ3v) is 6.09. The predicted octanol–water partition coefficient (Wildman–Crippen LogP) is 4.87. The van der Waals surface area contributed by atoms with Gasteiger partial charge in [-0.25, -0.2) is 8.78 Å². The van der Waals surface area contributed by atoms with Gasteiger partial charge in [0.25, 0.3) is 5.91 Å². The van der Waals surface area contributed by atoms with E-state index in [9.17, 15) is 13.6 Å². The minimum Gasteiger partial charge on any atom is -0.492 e. The van der Waals surface area contributed by atoms with Crippen molar-refractivity contribution in [2.24, 2.45) is 7.05 Å². The Balaban J connectivity index is 1.52. The summed E-state index contributed by atoms with van der Waals surface area (Å²) in [6.07, 6.45) is 5.41. The van der Waals surface area contributed by atoms with Crippen LogP contribution in [0.1, 0.15) is 36.5 Å². The fraction of sp³-hybridized carbons (Fsp3) is 0.360. The second-order valence-electron chi connectivity index (χ2n) is 8.36. The fourth-order valence-electron chi connectivity index (χ4n) is 4.18. The molecule has 2 heterocycles. The van der Waals surface area contributed by atoms with Crippen molar-refractivity contribution in [3.05, 3.63) is 65.9 Å². The zero-order valence-corrected chi connectivity index (χ0v) is 18.9. The zero-order chi connectivity index (χ0) is 23.4. The Morgan fingerprint density at radius 1 is 1.15 bits per heavy atom. The predicted molar refractivity (Wildman–Crippen MR) is 123 cm³/mol. The molecule has 1 fully saturated rings. The van der Waals surface area contributed by atoms with E-state index in [1.807, 2.05) is 19.2 Å². The van der Waals surface area contributed by atoms with Crippen molar-refractivity contribution >= 4 is 11.6 Å². The number of benzene rings is 2. The summed E-state index contributed by atoms with van der Waals surface area (Å²) in [5.41, 5.74) is 2.16. The second-order valence-corrected chi connectivity index (χ2v) is 8.36. The number of halogens is 2. The van der Waals surface area contributed by atoms with Gasteiger partial charge in [0.15, 0.2) is 11.6 Å². The van der Waals surface area contributed by atoms with Crippen LogP contribution in [-0.2, 0) is 7.05 Å². The number of hydrogen-bond acceptors (Lipinski definition) is 4. The van der Waals surface area contributed by atoms with E-state index in [-0.39, 0.29) is 5.56 Å². The maximum Gasteiger partial charge on any atom is 0.255 e. The second kappa shape index (κ2) is 10.1. The number of piperidine rings is 1. The van der Waals surface area contributed by atoms with Crippen molar-refractivity contribution in [3.63, 3.8) is 0 Å². The molecule has 174 valence electrons. The molecule has 0 spiro atoms. The first-order chi connectivity index (χ1) is 15.9. The smallest absolute Gasteiger partial charge is 0.255 e. The van der Waals surface area contributed by atoms with E-state index < -0.39 is 17.5 Å². The largest absolute Gasteiger partial charge is 0.492 e. The zero-order valence-electron chi connectivity index (χ0n) is 18.9. The lowest BCUT2D eigenvalue weighted by molar-refractivity contribution is 0.102. The molecule has 0 aliphatic carbocycles. The van der Waals surface area contributed by atoms with E-state index in [2.05, 4.69) is 22.2 Å². The topological polar surface area (TPSA) is 59.4 Å². The molecule has 1 atom stereocenters. The first kappa shape index (κ1) is 22.9. The third kappa shape index (κ3) is 5.39. The summed E-state index contributed by atoms with van der Waals surface area (Å²) in [4.78, 5) is 15.0. The molecule has 8 heteroatoms. The minimum absolute atomic E-state index is 0.0342. The number of amides is 1. The van der Waals surface area contributed by atoms with E-state index >= 15 is 0 Å². The monoisotopic (exact) mass is 454 g/mol. The van der Waals surface area contributed by atoms with Gasteiger partial charge < -0.3 is 10.1 Å². The lowest BCUT2D eigenvalue weighted by atomic mass is 10.0. The molecule has 1 N–H and O–H groups in total. The normalized spacial score (nSPS) is 16.5. The summed E-state index contributed by atoms with van der Waals surface area (Å²) in [7, 11) is 1.83. The molecule has 0 bridgehead atoms. The summed E-state index contributed by atoms with van der Waals surface area (Å²) >= 11 is 0. The summed E-state index contributed by atoms with van der Waals surface area (Å²) in [5.74, 6) is -1.90. The van der Waals surface area contributed by atoms with Crippen molar-refractivity contribution in [3.8, 4) is 17.0 Å². The van der Waals surface area contributed by atoms with Crippen LogP contribution in [0.3, 0.4) is 0 Å². The van der Waals surface area contributed by atoms with E-state index in [0.29, 0.717) is 24.1 Å². The van der Waals surface area contributed by atoms with Gasteiger partial charge in [0.05, 0.1) is 5.69 Å². The van der Waals surface area contributed by atoms with Gasteiger partial charge in [-0.2, -0.15) is 5.10 Å². The van der Waals surface area contributed by atoms with E-state index in [1.54, 1.807) is 23.0 Å². The van der Waals surface area contributed by atoms with E-state index in [0.717, 1.165) is 36.5 Å². The Labute approximate surface area is 192 Å².